The van der Waals surface area contributed by atoms with Crippen LogP contribution in [-0.2, 0) is 4.74 Å². The average Bonchev–Trinajstić information content (AvgIpc) is 2.47. The fourth-order valence-electron chi connectivity index (χ4n) is 2.67. The summed E-state index contributed by atoms with van der Waals surface area (Å²) in [5.41, 5.74) is 0. The second-order valence-electron chi connectivity index (χ2n) is 7.10. The standard InChI is InChI=1S/C19H31NO2Si/c1-16(2)20(17(3)4)19(21)22-14-10-11-15-23(5,6)18-12-8-7-9-13-18/h7-13,16-17H,14-15H2,1-6H3/b11-10+. The summed E-state index contributed by atoms with van der Waals surface area (Å²) >= 11 is 0. The van der Waals surface area contributed by atoms with E-state index in [1.54, 1.807) is 4.90 Å². The molecule has 0 unspecified atom stereocenters. The van der Waals surface area contributed by atoms with Crippen molar-refractivity contribution in [2.24, 2.45) is 0 Å². The third-order valence-corrected chi connectivity index (χ3v) is 7.13. The SMILES string of the molecule is CC(C)N(C(=O)OC/C=C/C[Si](C)(C)c1ccccc1)C(C)C. The number of allylic oxidation sites excluding steroid dienone is 1. The summed E-state index contributed by atoms with van der Waals surface area (Å²) < 4.78 is 5.36. The summed E-state index contributed by atoms with van der Waals surface area (Å²) in [6.07, 6.45) is 3.88. The van der Waals surface area contributed by atoms with Crippen LogP contribution in [0.5, 0.6) is 0 Å². The maximum Gasteiger partial charge on any atom is 0.410 e. The van der Waals surface area contributed by atoms with Crippen LogP contribution in [0, 0.1) is 0 Å². The Morgan fingerprint density at radius 3 is 2.17 bits per heavy atom. The molecule has 0 fully saturated rings. The van der Waals surface area contributed by atoms with Crippen LogP contribution in [0.3, 0.4) is 0 Å². The van der Waals surface area contributed by atoms with Gasteiger partial charge < -0.3 is 9.64 Å². The number of carbonyl (C=O) groups is 1. The van der Waals surface area contributed by atoms with Crippen LogP contribution in [0.15, 0.2) is 42.5 Å². The van der Waals surface area contributed by atoms with Crippen molar-refractivity contribution in [1.29, 1.82) is 0 Å². The molecule has 4 heteroatoms. The fourth-order valence-corrected chi connectivity index (χ4v) is 4.75. The summed E-state index contributed by atoms with van der Waals surface area (Å²) in [5, 5.41) is 1.45. The summed E-state index contributed by atoms with van der Waals surface area (Å²) in [6.45, 7) is 13.1. The second-order valence-corrected chi connectivity index (χ2v) is 11.9. The molecule has 23 heavy (non-hydrogen) atoms. The van der Waals surface area contributed by atoms with Gasteiger partial charge in [0.2, 0.25) is 0 Å². The number of benzene rings is 1. The van der Waals surface area contributed by atoms with Gasteiger partial charge in [-0.25, -0.2) is 4.79 Å². The molecular formula is C19H31NO2Si. The van der Waals surface area contributed by atoms with E-state index in [0.717, 1.165) is 6.04 Å². The number of hydrogen-bond acceptors (Lipinski definition) is 2. The molecule has 128 valence electrons. The summed E-state index contributed by atoms with van der Waals surface area (Å²) in [7, 11) is -1.45. The Bertz CT molecular complexity index is 501. The third-order valence-electron chi connectivity index (χ3n) is 3.98. The minimum atomic E-state index is -1.45. The zero-order valence-corrected chi connectivity index (χ0v) is 16.4. The number of amides is 1. The van der Waals surface area contributed by atoms with Gasteiger partial charge >= 0.3 is 6.09 Å². The highest BCUT2D eigenvalue weighted by molar-refractivity contribution is 6.90. The molecule has 0 aliphatic heterocycles. The van der Waals surface area contributed by atoms with E-state index < -0.39 is 8.07 Å². The Kier molecular flexibility index (Phi) is 7.56. The topological polar surface area (TPSA) is 29.5 Å². The summed E-state index contributed by atoms with van der Waals surface area (Å²) in [4.78, 5) is 13.8. The van der Waals surface area contributed by atoms with Crippen molar-refractivity contribution in [1.82, 2.24) is 4.90 Å². The van der Waals surface area contributed by atoms with E-state index in [2.05, 4.69) is 49.5 Å². The molecule has 0 aliphatic carbocycles. The molecule has 0 N–H and O–H groups in total. The molecule has 3 nitrogen and oxygen atoms in total. The predicted octanol–water partition coefficient (Wildman–Crippen LogP) is 4.41. The van der Waals surface area contributed by atoms with Gasteiger partial charge in [0.25, 0.3) is 0 Å². The molecule has 0 bridgehead atoms. The number of rotatable bonds is 7. The van der Waals surface area contributed by atoms with Gasteiger partial charge in [-0.3, -0.25) is 0 Å². The van der Waals surface area contributed by atoms with E-state index in [4.69, 9.17) is 4.74 Å². The smallest absolute Gasteiger partial charge is 0.410 e. The fraction of sp³-hybridized carbons (Fsp3) is 0.526. The van der Waals surface area contributed by atoms with Crippen molar-refractivity contribution in [2.45, 2.75) is 58.9 Å². The van der Waals surface area contributed by atoms with Gasteiger partial charge in [-0.2, -0.15) is 0 Å². The third kappa shape index (κ3) is 6.22. The summed E-state index contributed by atoms with van der Waals surface area (Å²) in [5.74, 6) is 0. The van der Waals surface area contributed by atoms with Crippen LogP contribution in [0.25, 0.3) is 0 Å². The van der Waals surface area contributed by atoms with Crippen molar-refractivity contribution >= 4 is 19.4 Å². The lowest BCUT2D eigenvalue weighted by molar-refractivity contribution is 0.0875. The van der Waals surface area contributed by atoms with E-state index in [-0.39, 0.29) is 18.2 Å². The van der Waals surface area contributed by atoms with Crippen molar-refractivity contribution in [3.63, 3.8) is 0 Å². The Balaban J connectivity index is 2.47. The first-order valence-electron chi connectivity index (χ1n) is 8.41. The maximum atomic E-state index is 12.1. The van der Waals surface area contributed by atoms with Gasteiger partial charge in [0, 0.05) is 12.1 Å². The minimum absolute atomic E-state index is 0.149. The van der Waals surface area contributed by atoms with Gasteiger partial charge in [-0.15, -0.1) is 0 Å². The van der Waals surface area contributed by atoms with E-state index in [1.807, 2.05) is 33.8 Å². The molecule has 1 aromatic carbocycles. The van der Waals surface area contributed by atoms with Crippen LogP contribution >= 0.6 is 0 Å². The summed E-state index contributed by atoms with van der Waals surface area (Å²) in [6, 6.07) is 12.0. The second kappa shape index (κ2) is 8.92. The highest BCUT2D eigenvalue weighted by atomic mass is 28.3. The quantitative estimate of drug-likeness (QED) is 0.546. The zero-order valence-electron chi connectivity index (χ0n) is 15.4. The number of nitrogens with zero attached hydrogens (tertiary/aromatic N) is 1. The van der Waals surface area contributed by atoms with E-state index in [9.17, 15) is 4.79 Å². The van der Waals surface area contributed by atoms with Crippen molar-refractivity contribution in [3.05, 3.63) is 42.5 Å². The van der Waals surface area contributed by atoms with E-state index >= 15 is 0 Å². The molecule has 0 saturated heterocycles. The molecule has 0 aromatic heterocycles. The number of hydrogen-bond donors (Lipinski definition) is 0. The Labute approximate surface area is 142 Å². The Morgan fingerprint density at radius 1 is 1.09 bits per heavy atom. The van der Waals surface area contributed by atoms with E-state index in [0.29, 0.717) is 6.61 Å². The van der Waals surface area contributed by atoms with Crippen molar-refractivity contribution in [2.75, 3.05) is 6.61 Å². The first kappa shape index (κ1) is 19.5. The Morgan fingerprint density at radius 2 is 1.65 bits per heavy atom. The van der Waals surface area contributed by atoms with Crippen LogP contribution in [0.4, 0.5) is 4.79 Å². The molecule has 0 atom stereocenters. The molecule has 0 spiro atoms. The molecule has 0 saturated carbocycles. The highest BCUT2D eigenvalue weighted by Gasteiger charge is 2.22. The Hall–Kier alpha value is -1.55. The van der Waals surface area contributed by atoms with Crippen molar-refractivity contribution in [3.8, 4) is 0 Å². The highest BCUT2D eigenvalue weighted by Crippen LogP contribution is 2.11. The first-order chi connectivity index (χ1) is 10.8. The normalized spacial score (nSPS) is 12.2. The van der Waals surface area contributed by atoms with E-state index in [1.165, 1.54) is 5.19 Å². The lowest BCUT2D eigenvalue weighted by atomic mass is 10.2. The van der Waals surface area contributed by atoms with Gasteiger partial charge in [-0.05, 0) is 33.7 Å². The molecule has 1 aromatic rings. The van der Waals surface area contributed by atoms with Gasteiger partial charge in [0.15, 0.2) is 0 Å². The molecule has 0 aliphatic rings. The average molecular weight is 334 g/mol. The van der Waals surface area contributed by atoms with Gasteiger partial charge in [0.1, 0.15) is 6.61 Å². The van der Waals surface area contributed by atoms with Crippen LogP contribution in [0.1, 0.15) is 27.7 Å². The van der Waals surface area contributed by atoms with Crippen LogP contribution in [-0.4, -0.2) is 37.8 Å². The van der Waals surface area contributed by atoms with Crippen molar-refractivity contribution < 1.29 is 9.53 Å². The largest absolute Gasteiger partial charge is 0.445 e. The monoisotopic (exact) mass is 333 g/mol. The van der Waals surface area contributed by atoms with Gasteiger partial charge in [0.05, 0.1) is 8.07 Å². The molecule has 0 radical (unpaired) electrons. The predicted molar refractivity (Wildman–Crippen MR) is 101 cm³/mol. The number of ether oxygens (including phenoxy) is 1. The molecule has 1 rings (SSSR count). The molecule has 0 heterocycles. The van der Waals surface area contributed by atoms with Crippen LogP contribution < -0.4 is 5.19 Å². The first-order valence-corrected chi connectivity index (χ1v) is 11.6. The van der Waals surface area contributed by atoms with Gasteiger partial charge in [-0.1, -0.05) is 60.8 Å². The maximum absolute atomic E-state index is 12.1. The molecule has 1 amide bonds. The lowest BCUT2D eigenvalue weighted by Crippen LogP contribution is -2.42. The minimum Gasteiger partial charge on any atom is -0.445 e. The van der Waals surface area contributed by atoms with Crippen LogP contribution in [0.2, 0.25) is 19.1 Å². The zero-order chi connectivity index (χ0) is 17.5. The molecular weight excluding hydrogens is 302 g/mol. The lowest BCUT2D eigenvalue weighted by Gasteiger charge is -2.29. The number of carbonyl (C=O) groups excluding carboxylic acids is 1.